The molecule has 0 spiro atoms. The molecule has 0 aliphatic carbocycles. The Hall–Kier alpha value is -1.24. The standard InChI is InChI=1S/C14H17N/c1-2-6-10-15-13(8-3-1)11-12-7-4-5-9-14(12)15/h4-5,7,9,11H,1-3,6,8,10H2. The molecular formula is C14H17N. The summed E-state index contributed by atoms with van der Waals surface area (Å²) >= 11 is 0. The molecule has 0 radical (unpaired) electrons. The van der Waals surface area contributed by atoms with Gasteiger partial charge in [-0.2, -0.15) is 0 Å². The second-order valence-corrected chi connectivity index (χ2v) is 4.51. The Morgan fingerprint density at radius 1 is 0.933 bits per heavy atom. The monoisotopic (exact) mass is 199 g/mol. The van der Waals surface area contributed by atoms with Gasteiger partial charge in [-0.3, -0.25) is 0 Å². The Morgan fingerprint density at radius 3 is 2.80 bits per heavy atom. The van der Waals surface area contributed by atoms with E-state index in [-0.39, 0.29) is 0 Å². The molecule has 15 heavy (non-hydrogen) atoms. The summed E-state index contributed by atoms with van der Waals surface area (Å²) in [5.41, 5.74) is 2.96. The average Bonchev–Trinajstić information content (AvgIpc) is 2.55. The summed E-state index contributed by atoms with van der Waals surface area (Å²) in [6.45, 7) is 1.21. The van der Waals surface area contributed by atoms with Crippen molar-refractivity contribution in [3.8, 4) is 0 Å². The zero-order chi connectivity index (χ0) is 10.1. The fourth-order valence-electron chi connectivity index (χ4n) is 2.67. The Kier molecular flexibility index (Phi) is 2.24. The molecule has 0 bridgehead atoms. The molecule has 0 N–H and O–H groups in total. The van der Waals surface area contributed by atoms with E-state index in [1.807, 2.05) is 0 Å². The van der Waals surface area contributed by atoms with E-state index in [1.165, 1.54) is 55.2 Å². The van der Waals surface area contributed by atoms with Gasteiger partial charge in [0.05, 0.1) is 0 Å². The Bertz CT molecular complexity index is 467. The minimum atomic E-state index is 1.21. The number of hydrogen-bond donors (Lipinski definition) is 0. The smallest absolute Gasteiger partial charge is 0.0482 e. The van der Waals surface area contributed by atoms with Crippen LogP contribution in [-0.2, 0) is 13.0 Å². The second-order valence-electron chi connectivity index (χ2n) is 4.51. The lowest BCUT2D eigenvalue weighted by molar-refractivity contribution is 0.532. The summed E-state index contributed by atoms with van der Waals surface area (Å²) in [5, 5.41) is 1.41. The highest BCUT2D eigenvalue weighted by molar-refractivity contribution is 5.81. The lowest BCUT2D eigenvalue weighted by Crippen LogP contribution is -2.05. The molecule has 0 atom stereocenters. The minimum absolute atomic E-state index is 1.21. The van der Waals surface area contributed by atoms with Gasteiger partial charge in [-0.15, -0.1) is 0 Å². The fraction of sp³-hybridized carbons (Fsp3) is 0.429. The van der Waals surface area contributed by atoms with E-state index < -0.39 is 0 Å². The number of aryl methyl sites for hydroxylation is 2. The molecule has 0 unspecified atom stereocenters. The molecule has 0 saturated carbocycles. The second kappa shape index (κ2) is 3.73. The van der Waals surface area contributed by atoms with E-state index in [0.717, 1.165) is 0 Å². The van der Waals surface area contributed by atoms with Gasteiger partial charge in [0.15, 0.2) is 0 Å². The van der Waals surface area contributed by atoms with Gasteiger partial charge in [0.2, 0.25) is 0 Å². The van der Waals surface area contributed by atoms with Gasteiger partial charge >= 0.3 is 0 Å². The third kappa shape index (κ3) is 1.56. The first kappa shape index (κ1) is 9.02. The van der Waals surface area contributed by atoms with Crippen molar-refractivity contribution in [2.75, 3.05) is 0 Å². The molecule has 1 heteroatoms. The zero-order valence-electron chi connectivity index (χ0n) is 9.08. The summed E-state index contributed by atoms with van der Waals surface area (Å²) in [5.74, 6) is 0. The summed E-state index contributed by atoms with van der Waals surface area (Å²) in [6.07, 6.45) is 6.75. The van der Waals surface area contributed by atoms with Gasteiger partial charge < -0.3 is 4.57 Å². The van der Waals surface area contributed by atoms with Crippen LogP contribution in [0.15, 0.2) is 30.3 Å². The van der Waals surface area contributed by atoms with Crippen LogP contribution in [0.2, 0.25) is 0 Å². The highest BCUT2D eigenvalue weighted by Crippen LogP contribution is 2.24. The highest BCUT2D eigenvalue weighted by Gasteiger charge is 2.09. The molecule has 1 aliphatic rings. The molecule has 3 rings (SSSR count). The number of benzene rings is 1. The first-order valence-electron chi connectivity index (χ1n) is 6.02. The molecule has 0 amide bonds. The van der Waals surface area contributed by atoms with Crippen molar-refractivity contribution in [3.05, 3.63) is 36.0 Å². The van der Waals surface area contributed by atoms with Crippen molar-refractivity contribution in [2.45, 2.75) is 38.6 Å². The van der Waals surface area contributed by atoms with E-state index in [2.05, 4.69) is 34.9 Å². The Balaban J connectivity index is 2.15. The number of hydrogen-bond acceptors (Lipinski definition) is 0. The van der Waals surface area contributed by atoms with Gasteiger partial charge in [0.25, 0.3) is 0 Å². The van der Waals surface area contributed by atoms with Gasteiger partial charge in [-0.1, -0.05) is 31.0 Å². The first-order valence-corrected chi connectivity index (χ1v) is 6.02. The van der Waals surface area contributed by atoms with Crippen LogP contribution >= 0.6 is 0 Å². The van der Waals surface area contributed by atoms with E-state index in [9.17, 15) is 0 Å². The molecule has 78 valence electrons. The van der Waals surface area contributed by atoms with Crippen LogP contribution in [0.4, 0.5) is 0 Å². The summed E-state index contributed by atoms with van der Waals surface area (Å²) in [6, 6.07) is 11.1. The topological polar surface area (TPSA) is 4.93 Å². The third-order valence-electron chi connectivity index (χ3n) is 3.46. The average molecular weight is 199 g/mol. The molecule has 2 aromatic rings. The van der Waals surface area contributed by atoms with Crippen LogP contribution < -0.4 is 0 Å². The third-order valence-corrected chi connectivity index (χ3v) is 3.46. The lowest BCUT2D eigenvalue weighted by Gasteiger charge is -2.13. The quantitative estimate of drug-likeness (QED) is 0.609. The first-order chi connectivity index (χ1) is 7.45. The van der Waals surface area contributed by atoms with Crippen LogP contribution in [0, 0.1) is 0 Å². The van der Waals surface area contributed by atoms with Crippen LogP contribution in [0.1, 0.15) is 31.4 Å². The van der Waals surface area contributed by atoms with Gasteiger partial charge in [0, 0.05) is 17.8 Å². The van der Waals surface area contributed by atoms with Crippen LogP contribution in [0.3, 0.4) is 0 Å². The van der Waals surface area contributed by atoms with E-state index in [0.29, 0.717) is 0 Å². The normalized spacial score (nSPS) is 17.1. The van der Waals surface area contributed by atoms with Crippen molar-refractivity contribution in [1.82, 2.24) is 4.57 Å². The molecule has 1 nitrogen and oxygen atoms in total. The number of fused-ring (bicyclic) bond motifs is 3. The molecule has 2 heterocycles. The summed E-state index contributed by atoms with van der Waals surface area (Å²) < 4.78 is 2.52. The summed E-state index contributed by atoms with van der Waals surface area (Å²) in [4.78, 5) is 0. The molecule has 1 aromatic heterocycles. The Labute approximate surface area is 90.7 Å². The maximum absolute atomic E-state index is 2.52. The number of nitrogens with zero attached hydrogens (tertiary/aromatic N) is 1. The lowest BCUT2D eigenvalue weighted by atomic mass is 10.1. The minimum Gasteiger partial charge on any atom is -0.345 e. The van der Waals surface area contributed by atoms with Crippen molar-refractivity contribution in [3.63, 3.8) is 0 Å². The van der Waals surface area contributed by atoms with Gasteiger partial charge in [-0.05, 0) is 36.8 Å². The largest absolute Gasteiger partial charge is 0.345 e. The molecule has 1 aromatic carbocycles. The van der Waals surface area contributed by atoms with E-state index in [4.69, 9.17) is 0 Å². The van der Waals surface area contributed by atoms with Crippen LogP contribution in [0.5, 0.6) is 0 Å². The van der Waals surface area contributed by atoms with Crippen molar-refractivity contribution < 1.29 is 0 Å². The van der Waals surface area contributed by atoms with Crippen molar-refractivity contribution in [2.24, 2.45) is 0 Å². The number of aromatic nitrogens is 1. The van der Waals surface area contributed by atoms with Crippen molar-refractivity contribution >= 4 is 10.9 Å². The van der Waals surface area contributed by atoms with E-state index in [1.54, 1.807) is 0 Å². The maximum atomic E-state index is 2.52. The fourth-order valence-corrected chi connectivity index (χ4v) is 2.67. The SMILES string of the molecule is c1ccc2c(c1)cc1n2CCCCCC1. The van der Waals surface area contributed by atoms with Crippen molar-refractivity contribution in [1.29, 1.82) is 0 Å². The van der Waals surface area contributed by atoms with Gasteiger partial charge in [0.1, 0.15) is 0 Å². The predicted octanol–water partition coefficient (Wildman–Crippen LogP) is 3.76. The number of para-hydroxylation sites is 1. The molecule has 1 aliphatic heterocycles. The molecule has 0 saturated heterocycles. The van der Waals surface area contributed by atoms with Crippen LogP contribution in [0.25, 0.3) is 10.9 Å². The van der Waals surface area contributed by atoms with Gasteiger partial charge in [-0.25, -0.2) is 0 Å². The Morgan fingerprint density at radius 2 is 1.80 bits per heavy atom. The predicted molar refractivity (Wildman–Crippen MR) is 64.1 cm³/mol. The highest BCUT2D eigenvalue weighted by atomic mass is 15.0. The number of rotatable bonds is 0. The van der Waals surface area contributed by atoms with Crippen LogP contribution in [-0.4, -0.2) is 4.57 Å². The summed E-state index contributed by atoms with van der Waals surface area (Å²) in [7, 11) is 0. The van der Waals surface area contributed by atoms with E-state index >= 15 is 0 Å². The zero-order valence-corrected chi connectivity index (χ0v) is 9.08. The maximum Gasteiger partial charge on any atom is 0.0482 e. The molecular weight excluding hydrogens is 182 g/mol. The molecule has 0 fully saturated rings.